The van der Waals surface area contributed by atoms with E-state index in [1.807, 2.05) is 20.8 Å². The first kappa shape index (κ1) is 56.6. The van der Waals surface area contributed by atoms with Gasteiger partial charge in [-0.05, 0) is 64.8 Å². The predicted molar refractivity (Wildman–Crippen MR) is 306 cm³/mol. The fourth-order valence-corrected chi connectivity index (χ4v) is 13.8. The highest BCUT2D eigenvalue weighted by Gasteiger charge is 2.34. The van der Waals surface area contributed by atoms with Gasteiger partial charge in [-0.2, -0.15) is 0 Å². The van der Waals surface area contributed by atoms with Crippen molar-refractivity contribution in [3.63, 3.8) is 0 Å². The van der Waals surface area contributed by atoms with E-state index in [1.165, 1.54) is 40.6 Å². The average Bonchev–Trinajstić information content (AvgIpc) is 4.42. The smallest absolute Gasteiger partial charge is 0.335 e. The van der Waals surface area contributed by atoms with Crippen molar-refractivity contribution in [3.05, 3.63) is 112 Å². The second kappa shape index (κ2) is 23.1. The highest BCUT2D eigenvalue weighted by molar-refractivity contribution is 8.14. The normalized spacial score (nSPS) is 19.6. The summed E-state index contributed by atoms with van der Waals surface area (Å²) in [6.45, 7) is 9.84. The Labute approximate surface area is 484 Å². The molecule has 9 N–H and O–H groups in total. The van der Waals surface area contributed by atoms with E-state index in [-0.39, 0.29) is 100 Å². The number of aromatic hydroxyl groups is 1. The van der Waals surface area contributed by atoms with Gasteiger partial charge in [-0.25, -0.2) is 34.7 Å². The molecule has 418 valence electrons. The molecule has 5 amide bonds. The number of thiazole rings is 5. The minimum Gasteiger partial charge on any atom is -0.506 e. The topological polar surface area (TPSA) is 343 Å². The van der Waals surface area contributed by atoms with Crippen molar-refractivity contribution in [1.29, 1.82) is 0 Å². The molecule has 5 unspecified atom stereocenters. The summed E-state index contributed by atoms with van der Waals surface area (Å²) in [7, 11) is 0. The van der Waals surface area contributed by atoms with E-state index in [0.29, 0.717) is 27.0 Å². The Kier molecular flexibility index (Phi) is 16.1. The van der Waals surface area contributed by atoms with Gasteiger partial charge in [0.25, 0.3) is 23.6 Å². The zero-order valence-electron chi connectivity index (χ0n) is 43.5. The summed E-state index contributed by atoms with van der Waals surface area (Å²) in [4.78, 5) is 129. The summed E-state index contributed by atoms with van der Waals surface area (Å²) in [6, 6.07) is 2.84. The van der Waals surface area contributed by atoms with E-state index in [0.717, 1.165) is 68.4 Å². The Morgan fingerprint density at radius 1 is 0.790 bits per heavy atom. The van der Waals surface area contributed by atoms with E-state index in [1.54, 1.807) is 37.4 Å². The van der Waals surface area contributed by atoms with Crippen molar-refractivity contribution in [1.82, 2.24) is 61.5 Å². The van der Waals surface area contributed by atoms with Crippen molar-refractivity contribution in [2.75, 3.05) is 5.75 Å². The predicted octanol–water partition coefficient (Wildman–Crippen LogP) is 6.68. The monoisotopic (exact) mass is 1210 g/mol. The minimum absolute atomic E-state index is 0.0203. The summed E-state index contributed by atoms with van der Waals surface area (Å²) in [6.07, 6.45) is -2.21. The fourth-order valence-electron chi connectivity index (χ4n) is 8.58. The van der Waals surface area contributed by atoms with Crippen LogP contribution >= 0.6 is 68.4 Å². The summed E-state index contributed by atoms with van der Waals surface area (Å²) in [5.74, 6) is -5.07. The van der Waals surface area contributed by atoms with Crippen LogP contribution in [0.25, 0.3) is 49.3 Å². The largest absolute Gasteiger partial charge is 0.506 e. The molecule has 0 radical (unpaired) electrons. The number of ether oxygens (including phenoxy) is 1. The SMILES string of the molecule is C/C=C1\NC(=O)C(C(C)O)NC(=O)c2csc(n2)-c2cc(O)c(-c3nc(C(=O)NC(C)(C)C)cs3)nc2-c2csc(n2)C2CSC(=O)c3[nH]c4cccc(c4c3C)COC(=O)C(O)CC(NC(=O)c3csc1n3)c1nc(cs1)C(=O)N2. The Morgan fingerprint density at radius 2 is 1.42 bits per heavy atom. The molecular formula is C52H48N12O11S6. The number of amides is 5. The first-order valence-electron chi connectivity index (χ1n) is 24.7. The van der Waals surface area contributed by atoms with Gasteiger partial charge in [0, 0.05) is 61.1 Å². The summed E-state index contributed by atoms with van der Waals surface area (Å²) in [5, 5.41) is 56.5. The van der Waals surface area contributed by atoms with E-state index < -0.39 is 77.8 Å². The van der Waals surface area contributed by atoms with Crippen molar-refractivity contribution in [2.24, 2.45) is 0 Å². The summed E-state index contributed by atoms with van der Waals surface area (Å²) >= 11 is 6.02. The van der Waals surface area contributed by atoms with Gasteiger partial charge >= 0.3 is 5.97 Å². The second-order valence-corrected chi connectivity index (χ2v) is 24.9. The molecule has 8 aromatic rings. The number of rotatable bonds is 3. The number of benzene rings is 1. The molecular weight excluding hydrogens is 1160 g/mol. The maximum atomic E-state index is 14.5. The van der Waals surface area contributed by atoms with Gasteiger partial charge in [0.1, 0.15) is 83.3 Å². The standard InChI is InChI=1S/C52H48N12O11S6/c1-7-24-46-59-28(16-78-46)40(68)55-26-12-34(67)50(73)75-13-22-9-8-10-25-35(22)20(2)36(53-25)51(74)81-19-32(56-41(69)29-17-79-47(26)60-29)48-57-27(14-77-48)38-23(45-58-30(15-76-45)42(70)63-37(21(3)65)44(72)54-24)11-33(66)39(62-38)49-61-31(18-80-49)43(71)64-52(4,5)6/h7-11,14-18,21,26,32,34,37,53,65-67H,12-13,19H2,1-6H3,(H,54,72)(H,55,68)(H,56,69)(H,63,70)(H,64,71)/b24-7-. The molecule has 0 saturated heterocycles. The van der Waals surface area contributed by atoms with E-state index in [9.17, 15) is 48.9 Å². The molecule has 0 aliphatic carbocycles. The lowest BCUT2D eigenvalue weighted by Crippen LogP contribution is -2.52. The number of esters is 1. The number of nitrogens with one attached hydrogen (secondary N) is 6. The molecule has 0 spiro atoms. The van der Waals surface area contributed by atoms with Crippen molar-refractivity contribution in [2.45, 2.75) is 90.4 Å². The molecule has 9 heterocycles. The number of aromatic nitrogens is 7. The van der Waals surface area contributed by atoms with Crippen LogP contribution in [-0.4, -0.2) is 120 Å². The number of cyclic esters (lactones) is 1. The number of nitrogens with zero attached hydrogens (tertiary/aromatic N) is 6. The highest BCUT2D eigenvalue weighted by Crippen LogP contribution is 2.42. The van der Waals surface area contributed by atoms with Crippen molar-refractivity contribution in [3.8, 4) is 38.4 Å². The number of hydrogen-bond acceptors (Lipinski definition) is 23. The number of carbonyl (C=O) groups is 7. The van der Waals surface area contributed by atoms with Crippen LogP contribution in [0, 0.1) is 6.92 Å². The van der Waals surface area contributed by atoms with Gasteiger partial charge in [0.2, 0.25) is 11.0 Å². The van der Waals surface area contributed by atoms with Crippen LogP contribution in [0.2, 0.25) is 0 Å². The number of aliphatic hydroxyl groups is 2. The van der Waals surface area contributed by atoms with Crippen LogP contribution in [0.5, 0.6) is 5.75 Å². The zero-order chi connectivity index (χ0) is 57.6. The Balaban J connectivity index is 1.12. The average molecular weight is 1210 g/mol. The summed E-state index contributed by atoms with van der Waals surface area (Å²) < 4.78 is 5.64. The molecule has 0 saturated carbocycles. The molecule has 2 aliphatic heterocycles. The number of thioether (sulfide) groups is 1. The van der Waals surface area contributed by atoms with Crippen molar-refractivity contribution < 1.29 is 53.6 Å². The maximum Gasteiger partial charge on any atom is 0.335 e. The third kappa shape index (κ3) is 12.1. The van der Waals surface area contributed by atoms with Gasteiger partial charge in [0.05, 0.1) is 29.6 Å². The van der Waals surface area contributed by atoms with Crippen LogP contribution in [-0.2, 0) is 20.9 Å². The van der Waals surface area contributed by atoms with Crippen LogP contribution in [0.3, 0.4) is 0 Å². The highest BCUT2D eigenvalue weighted by atomic mass is 32.2. The maximum absolute atomic E-state index is 14.5. The van der Waals surface area contributed by atoms with Gasteiger partial charge in [-0.1, -0.05) is 30.0 Å². The molecule has 1 aromatic carbocycles. The number of allylic oxidation sites excluding steroid dienone is 1. The Morgan fingerprint density at radius 3 is 2.14 bits per heavy atom. The molecule has 5 atom stereocenters. The molecule has 2 aliphatic rings. The molecule has 29 heteroatoms. The fraction of sp³-hybridized carbons (Fsp3) is 0.288. The third-order valence-corrected chi connectivity index (χ3v) is 18.0. The van der Waals surface area contributed by atoms with Gasteiger partial charge in [-0.15, -0.1) is 56.7 Å². The van der Waals surface area contributed by atoms with Crippen molar-refractivity contribution >= 4 is 126 Å². The first-order chi connectivity index (χ1) is 38.6. The van der Waals surface area contributed by atoms with Crippen LogP contribution in [0.15, 0.2) is 57.2 Å². The van der Waals surface area contributed by atoms with Crippen LogP contribution in [0.1, 0.15) is 132 Å². The Hall–Kier alpha value is -7.64. The number of pyridine rings is 1. The number of fused-ring (bicyclic) bond motifs is 13. The van der Waals surface area contributed by atoms with E-state index in [4.69, 9.17) is 14.7 Å². The molecule has 0 fully saturated rings. The quantitative estimate of drug-likeness (QED) is 0.0833. The number of hydrogen-bond donors (Lipinski definition) is 9. The molecule has 81 heavy (non-hydrogen) atoms. The van der Waals surface area contributed by atoms with E-state index in [2.05, 4.69) is 51.5 Å². The number of H-pyrrole nitrogens is 1. The lowest BCUT2D eigenvalue weighted by molar-refractivity contribution is -0.155. The zero-order valence-corrected chi connectivity index (χ0v) is 48.4. The van der Waals surface area contributed by atoms with E-state index >= 15 is 0 Å². The third-order valence-electron chi connectivity index (χ3n) is 12.5. The van der Waals surface area contributed by atoms with Crippen LogP contribution in [0.4, 0.5) is 0 Å². The summed E-state index contributed by atoms with van der Waals surface area (Å²) in [5.41, 5.74) is 1.67. The van der Waals surface area contributed by atoms with Gasteiger partial charge in [-0.3, -0.25) is 28.8 Å². The van der Waals surface area contributed by atoms with Gasteiger partial charge < -0.3 is 51.6 Å². The van der Waals surface area contributed by atoms with Gasteiger partial charge in [0.15, 0.2) is 6.10 Å². The van der Waals surface area contributed by atoms with Crippen LogP contribution < -0.4 is 26.6 Å². The minimum atomic E-state index is -1.82. The number of carbonyl (C=O) groups excluding carboxylic acids is 7. The second-order valence-electron chi connectivity index (χ2n) is 19.6. The molecule has 7 aromatic heterocycles. The number of aromatic amines is 1. The number of aliphatic hydroxyl groups excluding tert-OH is 2. The number of aryl methyl sites for hydroxylation is 1. The molecule has 12 bridgehead atoms. The lowest BCUT2D eigenvalue weighted by Gasteiger charge is -2.21. The molecule has 23 nitrogen and oxygen atoms in total. The lowest BCUT2D eigenvalue weighted by atomic mass is 10.1. The Bertz CT molecular complexity index is 3870. The molecule has 10 rings (SSSR count). The first-order valence-corrected chi connectivity index (χ1v) is 30.1.